The van der Waals surface area contributed by atoms with Crippen LogP contribution in [0.15, 0.2) is 18.2 Å². The molecule has 0 radical (unpaired) electrons. The highest BCUT2D eigenvalue weighted by Gasteiger charge is 2.07. The zero-order valence-corrected chi connectivity index (χ0v) is 8.96. The lowest BCUT2D eigenvalue weighted by Crippen LogP contribution is -2.00. The Morgan fingerprint density at radius 1 is 1.53 bits per heavy atom. The van der Waals surface area contributed by atoms with Crippen molar-refractivity contribution in [3.63, 3.8) is 0 Å². The van der Waals surface area contributed by atoms with E-state index in [-0.39, 0.29) is 17.9 Å². The quantitative estimate of drug-likeness (QED) is 0.783. The van der Waals surface area contributed by atoms with Crippen LogP contribution in [0.3, 0.4) is 0 Å². The normalized spacial score (nSPS) is 9.94. The molecule has 6 nitrogen and oxygen atoms in total. The maximum Gasteiger partial charge on any atom is 0.212 e. The van der Waals surface area contributed by atoms with Gasteiger partial charge in [-0.15, -0.1) is 10.2 Å². The first kappa shape index (κ1) is 11.0. The van der Waals surface area contributed by atoms with E-state index in [0.717, 1.165) is 6.07 Å². The van der Waals surface area contributed by atoms with Gasteiger partial charge in [0, 0.05) is 0 Å². The summed E-state index contributed by atoms with van der Waals surface area (Å²) in [5.41, 5.74) is 0.243. The van der Waals surface area contributed by atoms with E-state index < -0.39 is 5.82 Å². The van der Waals surface area contributed by atoms with Gasteiger partial charge in [0.1, 0.15) is 0 Å². The Hall–Kier alpha value is -2.49. The van der Waals surface area contributed by atoms with Crippen molar-refractivity contribution in [1.29, 1.82) is 5.26 Å². The Balaban J connectivity index is 2.07. The topological polar surface area (TPSA) is 76.6 Å². The largest absolute Gasteiger partial charge is 0.482 e. The van der Waals surface area contributed by atoms with Gasteiger partial charge in [0.15, 0.2) is 18.2 Å². The number of halogens is 1. The van der Waals surface area contributed by atoms with Crippen LogP contribution in [0, 0.1) is 17.1 Å². The first-order valence-corrected chi connectivity index (χ1v) is 4.74. The third-order valence-corrected chi connectivity index (χ3v) is 1.97. The molecule has 1 aromatic carbocycles. The van der Waals surface area contributed by atoms with Crippen LogP contribution >= 0.6 is 0 Å². The Kier molecular flexibility index (Phi) is 2.96. The van der Waals surface area contributed by atoms with Crippen molar-refractivity contribution in [2.75, 3.05) is 0 Å². The van der Waals surface area contributed by atoms with Crippen molar-refractivity contribution in [1.82, 2.24) is 20.2 Å². The van der Waals surface area contributed by atoms with E-state index in [0.29, 0.717) is 5.82 Å². The lowest BCUT2D eigenvalue weighted by atomic mass is 10.2. The van der Waals surface area contributed by atoms with Gasteiger partial charge in [-0.2, -0.15) is 10.1 Å². The van der Waals surface area contributed by atoms with Crippen LogP contribution in [0.4, 0.5) is 4.39 Å². The van der Waals surface area contributed by atoms with Crippen LogP contribution < -0.4 is 4.74 Å². The molecule has 0 aliphatic heterocycles. The minimum absolute atomic E-state index is 0.0245. The number of tetrazole rings is 1. The maximum atomic E-state index is 13.4. The molecule has 0 bridgehead atoms. The molecule has 2 aromatic rings. The monoisotopic (exact) mass is 233 g/mol. The van der Waals surface area contributed by atoms with Crippen LogP contribution in [0.25, 0.3) is 0 Å². The smallest absolute Gasteiger partial charge is 0.212 e. The van der Waals surface area contributed by atoms with Gasteiger partial charge >= 0.3 is 0 Å². The van der Waals surface area contributed by atoms with Crippen LogP contribution in [0.2, 0.25) is 0 Å². The molecule has 1 aromatic heterocycles. The third kappa shape index (κ3) is 2.55. The summed E-state index contributed by atoms with van der Waals surface area (Å²) in [6.07, 6.45) is 0. The summed E-state index contributed by atoms with van der Waals surface area (Å²) in [7, 11) is 1.62. The second-order valence-corrected chi connectivity index (χ2v) is 3.24. The van der Waals surface area contributed by atoms with Crippen LogP contribution in [0.1, 0.15) is 11.4 Å². The van der Waals surface area contributed by atoms with Gasteiger partial charge in [-0.25, -0.2) is 4.39 Å². The van der Waals surface area contributed by atoms with Gasteiger partial charge in [-0.3, -0.25) is 0 Å². The number of nitrogens with zero attached hydrogens (tertiary/aromatic N) is 5. The van der Waals surface area contributed by atoms with E-state index in [1.165, 1.54) is 16.9 Å². The number of aromatic nitrogens is 4. The summed E-state index contributed by atoms with van der Waals surface area (Å²) < 4.78 is 18.6. The van der Waals surface area contributed by atoms with E-state index in [2.05, 4.69) is 15.4 Å². The highest BCUT2D eigenvalue weighted by molar-refractivity contribution is 5.35. The summed E-state index contributed by atoms with van der Waals surface area (Å²) in [5.74, 6) is -0.180. The molecule has 0 amide bonds. The molecular weight excluding hydrogens is 225 g/mol. The minimum atomic E-state index is -0.590. The first-order chi connectivity index (χ1) is 8.19. The molecule has 0 aliphatic carbocycles. The van der Waals surface area contributed by atoms with Gasteiger partial charge in [-0.05, 0) is 23.4 Å². The predicted molar refractivity (Wildman–Crippen MR) is 54.2 cm³/mol. The average molecular weight is 233 g/mol. The predicted octanol–water partition coefficient (Wildman–Crippen LogP) is 0.800. The Bertz CT molecular complexity index is 574. The lowest BCUT2D eigenvalue weighted by molar-refractivity contribution is 0.280. The van der Waals surface area contributed by atoms with E-state index in [4.69, 9.17) is 10.00 Å². The number of rotatable bonds is 3. The number of aryl methyl sites for hydroxylation is 1. The fraction of sp³-hybridized carbons (Fsp3) is 0.200. The number of nitriles is 1. The van der Waals surface area contributed by atoms with Crippen LogP contribution in [0.5, 0.6) is 5.75 Å². The summed E-state index contributed by atoms with van der Waals surface area (Å²) in [4.78, 5) is 1.29. The van der Waals surface area contributed by atoms with Crippen molar-refractivity contribution in [2.45, 2.75) is 6.61 Å². The van der Waals surface area contributed by atoms with Gasteiger partial charge in [0.05, 0.1) is 18.7 Å². The Morgan fingerprint density at radius 3 is 2.94 bits per heavy atom. The standard InChI is InChI=1S/C10H8FN5O/c1-16-14-10(13-15-16)6-17-9-3-2-7(5-12)4-8(9)11/h2-4H,6H2,1H3. The highest BCUT2D eigenvalue weighted by atomic mass is 19.1. The van der Waals surface area contributed by atoms with Crippen LogP contribution in [-0.2, 0) is 13.7 Å². The SMILES string of the molecule is Cn1nnc(COc2ccc(C#N)cc2F)n1. The third-order valence-electron chi connectivity index (χ3n) is 1.97. The van der Waals surface area contributed by atoms with Crippen molar-refractivity contribution in [3.05, 3.63) is 35.4 Å². The lowest BCUT2D eigenvalue weighted by Gasteiger charge is -2.04. The van der Waals surface area contributed by atoms with E-state index in [9.17, 15) is 4.39 Å². The van der Waals surface area contributed by atoms with E-state index in [1.54, 1.807) is 7.05 Å². The molecule has 1 heterocycles. The van der Waals surface area contributed by atoms with E-state index in [1.807, 2.05) is 6.07 Å². The van der Waals surface area contributed by atoms with Crippen molar-refractivity contribution in [3.8, 4) is 11.8 Å². The molecule has 0 aliphatic rings. The summed E-state index contributed by atoms with van der Waals surface area (Å²) in [6.45, 7) is 0.0245. The van der Waals surface area contributed by atoms with Gasteiger partial charge in [0.25, 0.3) is 0 Å². The summed E-state index contributed by atoms with van der Waals surface area (Å²) >= 11 is 0. The molecule has 0 spiro atoms. The molecule has 0 saturated heterocycles. The molecule has 0 unspecified atom stereocenters. The first-order valence-electron chi connectivity index (χ1n) is 4.74. The maximum absolute atomic E-state index is 13.4. The fourth-order valence-corrected chi connectivity index (χ4v) is 1.21. The summed E-state index contributed by atoms with van der Waals surface area (Å²) in [5, 5.41) is 19.8. The highest BCUT2D eigenvalue weighted by Crippen LogP contribution is 2.18. The second kappa shape index (κ2) is 4.57. The van der Waals surface area contributed by atoms with Gasteiger partial charge in [0.2, 0.25) is 5.82 Å². The van der Waals surface area contributed by atoms with Crippen molar-refractivity contribution in [2.24, 2.45) is 7.05 Å². The molecule has 0 N–H and O–H groups in total. The number of ether oxygens (including phenoxy) is 1. The molecule has 0 fully saturated rings. The molecule has 0 saturated carbocycles. The second-order valence-electron chi connectivity index (χ2n) is 3.24. The zero-order valence-electron chi connectivity index (χ0n) is 8.96. The zero-order chi connectivity index (χ0) is 12.3. The molecule has 86 valence electrons. The molecule has 0 atom stereocenters. The van der Waals surface area contributed by atoms with E-state index >= 15 is 0 Å². The van der Waals surface area contributed by atoms with Crippen molar-refractivity contribution >= 4 is 0 Å². The van der Waals surface area contributed by atoms with Crippen LogP contribution in [-0.4, -0.2) is 20.2 Å². The molecule has 7 heteroatoms. The van der Waals surface area contributed by atoms with Gasteiger partial charge < -0.3 is 4.74 Å². The molecular formula is C10H8FN5O. The average Bonchev–Trinajstić information content (AvgIpc) is 2.73. The number of benzene rings is 1. The Labute approximate surface area is 96.2 Å². The fourth-order valence-electron chi connectivity index (χ4n) is 1.21. The van der Waals surface area contributed by atoms with Crippen molar-refractivity contribution < 1.29 is 9.13 Å². The van der Waals surface area contributed by atoms with Gasteiger partial charge in [-0.1, -0.05) is 0 Å². The molecule has 2 rings (SSSR count). The number of hydrogen-bond acceptors (Lipinski definition) is 5. The molecule has 17 heavy (non-hydrogen) atoms. The Morgan fingerprint density at radius 2 is 2.35 bits per heavy atom. The summed E-state index contributed by atoms with van der Waals surface area (Å²) in [6, 6.07) is 5.82. The minimum Gasteiger partial charge on any atom is -0.482 e. The number of hydrogen-bond donors (Lipinski definition) is 0.